The predicted octanol–water partition coefficient (Wildman–Crippen LogP) is 2.75. The molecule has 6 nitrogen and oxygen atoms in total. The first-order valence-electron chi connectivity index (χ1n) is 6.06. The Balaban J connectivity index is 2.12. The third-order valence-corrected chi connectivity index (χ3v) is 4.08. The van der Waals surface area contributed by atoms with Crippen LogP contribution >= 0.6 is 27.7 Å². The minimum absolute atomic E-state index is 0.104. The molecule has 0 unspecified atom stereocenters. The molecule has 0 bridgehead atoms. The molecule has 0 saturated heterocycles. The molecule has 1 aliphatic heterocycles. The number of hydrogen-bond donors (Lipinski definition) is 2. The lowest BCUT2D eigenvalue weighted by Crippen LogP contribution is -2.24. The monoisotopic (exact) mass is 366 g/mol. The maximum absolute atomic E-state index is 11.3. The van der Waals surface area contributed by atoms with Gasteiger partial charge in [0.25, 0.3) is 0 Å². The standard InChI is InChI=1S/C13H11BrN4O2S/c1-21-13-16-12-15-9(11(19)20)6-10(18(12)17-13)7-3-2-4-8(14)5-7/h2-6,10H,1H3,(H,19,20)(H,15,16,17)/t10-/m0/s1. The molecule has 0 saturated carbocycles. The van der Waals surface area contributed by atoms with E-state index in [4.69, 9.17) is 0 Å². The molecule has 3 rings (SSSR count). The van der Waals surface area contributed by atoms with Crippen LogP contribution in [-0.4, -0.2) is 32.1 Å². The topological polar surface area (TPSA) is 80.0 Å². The lowest BCUT2D eigenvalue weighted by Gasteiger charge is -2.22. The number of halogens is 1. The van der Waals surface area contributed by atoms with Crippen LogP contribution in [0.25, 0.3) is 0 Å². The number of thioether (sulfide) groups is 1. The van der Waals surface area contributed by atoms with Gasteiger partial charge in [0.05, 0.1) is 0 Å². The number of carboxylic acids is 1. The molecule has 2 heterocycles. The fourth-order valence-corrected chi connectivity index (χ4v) is 2.88. The molecule has 21 heavy (non-hydrogen) atoms. The van der Waals surface area contributed by atoms with Crippen LogP contribution in [0.3, 0.4) is 0 Å². The highest BCUT2D eigenvalue weighted by Crippen LogP contribution is 2.31. The number of anilines is 1. The lowest BCUT2D eigenvalue weighted by atomic mass is 10.0. The Morgan fingerprint density at radius 2 is 2.33 bits per heavy atom. The largest absolute Gasteiger partial charge is 0.477 e. The summed E-state index contributed by atoms with van der Waals surface area (Å²) in [5, 5.41) is 17.0. The third kappa shape index (κ3) is 2.68. The lowest BCUT2D eigenvalue weighted by molar-refractivity contribution is -0.132. The number of nitrogens with one attached hydrogen (secondary N) is 1. The number of allylic oxidation sites excluding steroid dienone is 1. The summed E-state index contributed by atoms with van der Waals surface area (Å²) in [6, 6.07) is 7.39. The van der Waals surface area contributed by atoms with Crippen LogP contribution < -0.4 is 5.32 Å². The van der Waals surface area contributed by atoms with E-state index in [1.807, 2.05) is 30.5 Å². The molecule has 0 fully saturated rings. The molecule has 1 aromatic carbocycles. The van der Waals surface area contributed by atoms with E-state index >= 15 is 0 Å². The van der Waals surface area contributed by atoms with Crippen molar-refractivity contribution < 1.29 is 9.90 Å². The van der Waals surface area contributed by atoms with Crippen molar-refractivity contribution in [2.45, 2.75) is 11.2 Å². The number of aromatic nitrogens is 3. The van der Waals surface area contributed by atoms with Crippen molar-refractivity contribution in [1.29, 1.82) is 0 Å². The van der Waals surface area contributed by atoms with Crippen molar-refractivity contribution in [3.05, 3.63) is 46.1 Å². The molecule has 0 aliphatic carbocycles. The molecule has 1 aromatic heterocycles. The average molecular weight is 367 g/mol. The number of nitrogens with zero attached hydrogens (tertiary/aromatic N) is 3. The molecule has 0 amide bonds. The molecular weight excluding hydrogens is 356 g/mol. The number of aliphatic carboxylic acids is 1. The van der Waals surface area contributed by atoms with Crippen molar-refractivity contribution in [1.82, 2.24) is 14.8 Å². The van der Waals surface area contributed by atoms with Gasteiger partial charge in [-0.3, -0.25) is 0 Å². The maximum Gasteiger partial charge on any atom is 0.352 e. The summed E-state index contributed by atoms with van der Waals surface area (Å²) < 4.78 is 2.62. The van der Waals surface area contributed by atoms with Crippen LogP contribution in [0.4, 0.5) is 5.95 Å². The Labute approximate surface area is 133 Å². The fraction of sp³-hybridized carbons (Fsp3) is 0.154. The zero-order valence-electron chi connectivity index (χ0n) is 10.9. The Morgan fingerprint density at radius 1 is 1.52 bits per heavy atom. The normalized spacial score (nSPS) is 16.9. The Bertz CT molecular complexity index is 744. The minimum Gasteiger partial charge on any atom is -0.477 e. The summed E-state index contributed by atoms with van der Waals surface area (Å²) in [6.07, 6.45) is 3.51. The van der Waals surface area contributed by atoms with E-state index in [0.717, 1.165) is 10.0 Å². The van der Waals surface area contributed by atoms with Crippen LogP contribution in [0.5, 0.6) is 0 Å². The second kappa shape index (κ2) is 5.53. The van der Waals surface area contributed by atoms with Gasteiger partial charge in [-0.25, -0.2) is 9.48 Å². The summed E-state index contributed by atoms with van der Waals surface area (Å²) in [7, 11) is 0. The average Bonchev–Trinajstić information content (AvgIpc) is 2.89. The van der Waals surface area contributed by atoms with Gasteiger partial charge >= 0.3 is 5.97 Å². The van der Waals surface area contributed by atoms with Gasteiger partial charge in [-0.1, -0.05) is 39.8 Å². The SMILES string of the molecule is CSc1nc2n(n1)[C@H](c1cccc(Br)c1)C=C(C(=O)O)N2. The summed E-state index contributed by atoms with van der Waals surface area (Å²) in [4.78, 5) is 15.6. The smallest absolute Gasteiger partial charge is 0.352 e. The third-order valence-electron chi connectivity index (χ3n) is 3.05. The molecule has 108 valence electrons. The Morgan fingerprint density at radius 3 is 3.00 bits per heavy atom. The van der Waals surface area contributed by atoms with Crippen LogP contribution in [0.15, 0.2) is 45.7 Å². The van der Waals surface area contributed by atoms with Crippen LogP contribution in [-0.2, 0) is 4.79 Å². The van der Waals surface area contributed by atoms with E-state index in [0.29, 0.717) is 11.1 Å². The van der Waals surface area contributed by atoms with E-state index in [9.17, 15) is 9.90 Å². The van der Waals surface area contributed by atoms with Gasteiger partial charge in [0.2, 0.25) is 11.1 Å². The second-order valence-corrected chi connectivity index (χ2v) is 6.07. The van der Waals surface area contributed by atoms with Gasteiger partial charge in [-0.05, 0) is 30.0 Å². The number of benzene rings is 1. The molecule has 0 spiro atoms. The first-order valence-corrected chi connectivity index (χ1v) is 8.08. The van der Waals surface area contributed by atoms with E-state index < -0.39 is 5.97 Å². The summed E-state index contributed by atoms with van der Waals surface area (Å²) in [5.41, 5.74) is 1.04. The van der Waals surface area contributed by atoms with Crippen molar-refractivity contribution in [3.8, 4) is 0 Å². The summed E-state index contributed by atoms with van der Waals surface area (Å²) >= 11 is 4.84. The Kier molecular flexibility index (Phi) is 3.73. The first-order chi connectivity index (χ1) is 10.1. The van der Waals surface area contributed by atoms with Crippen molar-refractivity contribution in [2.75, 3.05) is 11.6 Å². The van der Waals surface area contributed by atoms with E-state index in [-0.39, 0.29) is 11.7 Å². The molecular formula is C13H11BrN4O2S. The maximum atomic E-state index is 11.3. The van der Waals surface area contributed by atoms with E-state index in [1.54, 1.807) is 10.8 Å². The molecule has 0 radical (unpaired) electrons. The zero-order chi connectivity index (χ0) is 15.0. The van der Waals surface area contributed by atoms with Gasteiger partial charge in [-0.2, -0.15) is 4.98 Å². The van der Waals surface area contributed by atoms with Crippen molar-refractivity contribution in [3.63, 3.8) is 0 Å². The van der Waals surface area contributed by atoms with Gasteiger partial charge in [0.1, 0.15) is 11.7 Å². The number of hydrogen-bond acceptors (Lipinski definition) is 5. The Hall–Kier alpha value is -1.80. The number of carbonyl (C=O) groups is 1. The van der Waals surface area contributed by atoms with Gasteiger partial charge in [-0.15, -0.1) is 5.10 Å². The second-order valence-electron chi connectivity index (χ2n) is 4.38. The highest BCUT2D eigenvalue weighted by Gasteiger charge is 2.27. The van der Waals surface area contributed by atoms with Crippen LogP contribution in [0.2, 0.25) is 0 Å². The van der Waals surface area contributed by atoms with Gasteiger partial charge < -0.3 is 10.4 Å². The predicted molar refractivity (Wildman–Crippen MR) is 83.4 cm³/mol. The van der Waals surface area contributed by atoms with Gasteiger partial charge in [0, 0.05) is 4.47 Å². The highest BCUT2D eigenvalue weighted by molar-refractivity contribution is 9.10. The molecule has 2 N–H and O–H groups in total. The summed E-state index contributed by atoms with van der Waals surface area (Å²) in [5.74, 6) is -0.584. The van der Waals surface area contributed by atoms with Crippen molar-refractivity contribution >= 4 is 39.6 Å². The van der Waals surface area contributed by atoms with Crippen LogP contribution in [0.1, 0.15) is 11.6 Å². The zero-order valence-corrected chi connectivity index (χ0v) is 13.3. The fourth-order valence-electron chi connectivity index (χ4n) is 2.11. The number of carboxylic acid groups (broad SMARTS) is 1. The van der Waals surface area contributed by atoms with E-state index in [2.05, 4.69) is 31.3 Å². The van der Waals surface area contributed by atoms with E-state index in [1.165, 1.54) is 11.8 Å². The number of rotatable bonds is 3. The molecule has 8 heteroatoms. The molecule has 2 aromatic rings. The molecule has 1 atom stereocenters. The van der Waals surface area contributed by atoms with Gasteiger partial charge in [0.15, 0.2) is 0 Å². The summed E-state index contributed by atoms with van der Waals surface area (Å²) in [6.45, 7) is 0. The number of fused-ring (bicyclic) bond motifs is 1. The quantitative estimate of drug-likeness (QED) is 0.813. The van der Waals surface area contributed by atoms with Crippen LogP contribution in [0, 0.1) is 0 Å². The molecule has 1 aliphatic rings. The first kappa shape index (κ1) is 14.2. The minimum atomic E-state index is -1.02. The van der Waals surface area contributed by atoms with Crippen molar-refractivity contribution in [2.24, 2.45) is 0 Å². The highest BCUT2D eigenvalue weighted by atomic mass is 79.9.